The first-order valence-corrected chi connectivity index (χ1v) is 7.70. The van der Waals surface area contributed by atoms with Crippen LogP contribution in [0.1, 0.15) is 18.4 Å². The van der Waals surface area contributed by atoms with Crippen molar-refractivity contribution in [2.45, 2.75) is 18.3 Å². The number of carbonyl (C=O) groups excluding carboxylic acids is 1. The van der Waals surface area contributed by atoms with Gasteiger partial charge in [-0.05, 0) is 47.4 Å². The Bertz CT molecular complexity index is 561. The fraction of sp³-hybridized carbons (Fsp3) is 0.312. The number of hydrogen-bond donors (Lipinski definition) is 1. The standard InChI is InChI=1S/C16H17NO2S/c18-15(10-19-14-4-2-1-3-5-14)17-12-16(7-8-16)13-6-9-20-11-13/h1-6,9,11H,7-8,10,12H2,(H,17,18). The van der Waals surface area contributed by atoms with Gasteiger partial charge < -0.3 is 10.1 Å². The lowest BCUT2D eigenvalue weighted by atomic mass is 9.99. The monoisotopic (exact) mass is 287 g/mol. The van der Waals surface area contributed by atoms with Crippen molar-refractivity contribution in [2.75, 3.05) is 13.2 Å². The number of para-hydroxylation sites is 1. The van der Waals surface area contributed by atoms with Crippen LogP contribution in [0, 0.1) is 0 Å². The van der Waals surface area contributed by atoms with Gasteiger partial charge in [0.2, 0.25) is 0 Å². The molecule has 0 spiro atoms. The largest absolute Gasteiger partial charge is 0.484 e. The predicted octanol–water partition coefficient (Wildman–Crippen LogP) is 2.97. The molecule has 1 N–H and O–H groups in total. The van der Waals surface area contributed by atoms with E-state index in [9.17, 15) is 4.79 Å². The molecule has 20 heavy (non-hydrogen) atoms. The molecule has 1 fully saturated rings. The zero-order chi connectivity index (χ0) is 13.8. The molecule has 1 aromatic carbocycles. The van der Waals surface area contributed by atoms with Gasteiger partial charge in [-0.2, -0.15) is 11.3 Å². The van der Waals surface area contributed by atoms with Crippen molar-refractivity contribution in [3.63, 3.8) is 0 Å². The van der Waals surface area contributed by atoms with Gasteiger partial charge in [0.15, 0.2) is 6.61 Å². The third-order valence-corrected chi connectivity index (χ3v) is 4.41. The van der Waals surface area contributed by atoms with Crippen molar-refractivity contribution >= 4 is 17.2 Å². The maximum absolute atomic E-state index is 11.8. The molecule has 1 aromatic heterocycles. The van der Waals surface area contributed by atoms with Crippen molar-refractivity contribution < 1.29 is 9.53 Å². The molecule has 0 saturated heterocycles. The molecule has 0 aliphatic heterocycles. The quantitative estimate of drug-likeness (QED) is 0.887. The normalized spacial score (nSPS) is 15.6. The van der Waals surface area contributed by atoms with Crippen LogP contribution >= 0.6 is 11.3 Å². The van der Waals surface area contributed by atoms with Crippen LogP contribution in [0.4, 0.5) is 0 Å². The van der Waals surface area contributed by atoms with Gasteiger partial charge in [0.05, 0.1) is 0 Å². The highest BCUT2D eigenvalue weighted by atomic mass is 32.1. The van der Waals surface area contributed by atoms with Gasteiger partial charge in [-0.3, -0.25) is 4.79 Å². The summed E-state index contributed by atoms with van der Waals surface area (Å²) in [6.07, 6.45) is 2.31. The van der Waals surface area contributed by atoms with Crippen LogP contribution in [0.25, 0.3) is 0 Å². The lowest BCUT2D eigenvalue weighted by Gasteiger charge is -2.15. The number of nitrogens with one attached hydrogen (secondary N) is 1. The van der Waals surface area contributed by atoms with E-state index in [1.54, 1.807) is 11.3 Å². The molecule has 104 valence electrons. The Hall–Kier alpha value is -1.81. The molecule has 3 rings (SSSR count). The summed E-state index contributed by atoms with van der Waals surface area (Å²) >= 11 is 1.71. The van der Waals surface area contributed by atoms with Gasteiger partial charge in [-0.25, -0.2) is 0 Å². The number of hydrogen-bond acceptors (Lipinski definition) is 3. The highest BCUT2D eigenvalue weighted by Gasteiger charge is 2.44. The average Bonchev–Trinajstić information content (AvgIpc) is 3.07. The molecule has 1 heterocycles. The zero-order valence-electron chi connectivity index (χ0n) is 11.2. The molecule has 1 aliphatic rings. The first-order chi connectivity index (χ1) is 9.78. The molecule has 0 bridgehead atoms. The van der Waals surface area contributed by atoms with E-state index < -0.39 is 0 Å². The Labute approximate surface area is 122 Å². The summed E-state index contributed by atoms with van der Waals surface area (Å²) in [5.41, 5.74) is 1.54. The summed E-state index contributed by atoms with van der Waals surface area (Å²) < 4.78 is 5.43. The van der Waals surface area contributed by atoms with E-state index in [-0.39, 0.29) is 17.9 Å². The van der Waals surface area contributed by atoms with E-state index in [4.69, 9.17) is 4.74 Å². The highest BCUT2D eigenvalue weighted by molar-refractivity contribution is 7.08. The smallest absolute Gasteiger partial charge is 0.257 e. The summed E-state index contributed by atoms with van der Waals surface area (Å²) in [4.78, 5) is 11.8. The minimum atomic E-state index is -0.0599. The molecule has 0 unspecified atom stereocenters. The lowest BCUT2D eigenvalue weighted by molar-refractivity contribution is -0.123. The van der Waals surface area contributed by atoms with E-state index in [0.717, 1.165) is 18.6 Å². The fourth-order valence-electron chi connectivity index (χ4n) is 2.27. The van der Waals surface area contributed by atoms with Crippen molar-refractivity contribution in [1.29, 1.82) is 0 Å². The van der Waals surface area contributed by atoms with E-state index in [0.29, 0.717) is 6.54 Å². The number of ether oxygens (including phenoxy) is 1. The second kappa shape index (κ2) is 5.67. The van der Waals surface area contributed by atoms with Crippen molar-refractivity contribution in [3.05, 3.63) is 52.7 Å². The van der Waals surface area contributed by atoms with Crippen LogP contribution in [0.2, 0.25) is 0 Å². The third kappa shape index (κ3) is 3.02. The Kier molecular flexibility index (Phi) is 3.74. The molecule has 1 aliphatic carbocycles. The zero-order valence-corrected chi connectivity index (χ0v) is 12.0. The highest BCUT2D eigenvalue weighted by Crippen LogP contribution is 2.48. The maximum atomic E-state index is 11.8. The molecular weight excluding hydrogens is 270 g/mol. The minimum Gasteiger partial charge on any atom is -0.484 e. The number of carbonyl (C=O) groups is 1. The van der Waals surface area contributed by atoms with Crippen LogP contribution in [0.5, 0.6) is 5.75 Å². The van der Waals surface area contributed by atoms with Gasteiger partial charge in [0.1, 0.15) is 5.75 Å². The lowest BCUT2D eigenvalue weighted by Crippen LogP contribution is -2.35. The molecule has 3 nitrogen and oxygen atoms in total. The number of amides is 1. The van der Waals surface area contributed by atoms with Crippen LogP contribution in [-0.4, -0.2) is 19.1 Å². The Morgan fingerprint density at radius 1 is 1.25 bits per heavy atom. The molecule has 0 atom stereocenters. The van der Waals surface area contributed by atoms with E-state index in [1.807, 2.05) is 30.3 Å². The van der Waals surface area contributed by atoms with Gasteiger partial charge in [0, 0.05) is 12.0 Å². The number of rotatable bonds is 6. The average molecular weight is 287 g/mol. The summed E-state index contributed by atoms with van der Waals surface area (Å²) in [6, 6.07) is 11.6. The molecule has 0 radical (unpaired) electrons. The van der Waals surface area contributed by atoms with Crippen molar-refractivity contribution in [1.82, 2.24) is 5.32 Å². The summed E-state index contributed by atoms with van der Waals surface area (Å²) in [7, 11) is 0. The summed E-state index contributed by atoms with van der Waals surface area (Å²) in [5.74, 6) is 0.664. The van der Waals surface area contributed by atoms with E-state index in [1.165, 1.54) is 5.56 Å². The fourth-order valence-corrected chi connectivity index (χ4v) is 3.05. The second-order valence-corrected chi connectivity index (χ2v) is 5.95. The van der Waals surface area contributed by atoms with Crippen molar-refractivity contribution in [2.24, 2.45) is 0 Å². The summed E-state index contributed by atoms with van der Waals surface area (Å²) in [6.45, 7) is 0.782. The van der Waals surface area contributed by atoms with Gasteiger partial charge >= 0.3 is 0 Å². The molecule has 4 heteroatoms. The maximum Gasteiger partial charge on any atom is 0.257 e. The second-order valence-electron chi connectivity index (χ2n) is 5.17. The third-order valence-electron chi connectivity index (χ3n) is 3.72. The Morgan fingerprint density at radius 2 is 2.05 bits per heavy atom. The van der Waals surface area contributed by atoms with Gasteiger partial charge in [-0.15, -0.1) is 0 Å². The van der Waals surface area contributed by atoms with Gasteiger partial charge in [0.25, 0.3) is 5.91 Å². The molecule has 1 saturated carbocycles. The van der Waals surface area contributed by atoms with Crippen molar-refractivity contribution in [3.8, 4) is 5.75 Å². The minimum absolute atomic E-state index is 0.0599. The topological polar surface area (TPSA) is 38.3 Å². The first-order valence-electron chi connectivity index (χ1n) is 6.76. The van der Waals surface area contributed by atoms with E-state index in [2.05, 4.69) is 22.1 Å². The predicted molar refractivity (Wildman–Crippen MR) is 80.2 cm³/mol. The number of benzene rings is 1. The first kappa shape index (κ1) is 13.2. The molecule has 2 aromatic rings. The van der Waals surface area contributed by atoms with Crippen LogP contribution in [0.3, 0.4) is 0 Å². The summed E-state index contributed by atoms with van der Waals surface area (Å²) in [5, 5.41) is 7.26. The number of thiophene rings is 1. The molecular formula is C16H17NO2S. The van der Waals surface area contributed by atoms with Gasteiger partial charge in [-0.1, -0.05) is 18.2 Å². The van der Waals surface area contributed by atoms with Crippen LogP contribution in [0.15, 0.2) is 47.2 Å². The SMILES string of the molecule is O=C(COc1ccccc1)NCC1(c2ccsc2)CC1. The Morgan fingerprint density at radius 3 is 2.70 bits per heavy atom. The van der Waals surface area contributed by atoms with E-state index >= 15 is 0 Å². The van der Waals surface area contributed by atoms with Crippen LogP contribution < -0.4 is 10.1 Å². The Balaban J connectivity index is 1.46. The van der Waals surface area contributed by atoms with Crippen LogP contribution in [-0.2, 0) is 10.2 Å². The molecule has 1 amide bonds.